The minimum atomic E-state index is 1.19. The fraction of sp³-hybridized carbons (Fsp3) is 0.130. The molecule has 0 bridgehead atoms. The minimum Gasteiger partial charge on any atom is -0.345 e. The predicted molar refractivity (Wildman–Crippen MR) is 106 cm³/mol. The Labute approximate surface area is 144 Å². The fourth-order valence-corrected chi connectivity index (χ4v) is 2.60. The molecule has 0 spiro atoms. The summed E-state index contributed by atoms with van der Waals surface area (Å²) in [5, 5.41) is 0. The number of benzene rings is 3. The van der Waals surface area contributed by atoms with Crippen molar-refractivity contribution in [3.8, 4) is 0 Å². The van der Waals surface area contributed by atoms with E-state index in [1.54, 1.807) is 0 Å². The van der Waals surface area contributed by atoms with Gasteiger partial charge in [-0.2, -0.15) is 0 Å². The molecule has 0 heterocycles. The highest BCUT2D eigenvalue weighted by Gasteiger charge is 2.03. The van der Waals surface area contributed by atoms with E-state index in [0.717, 1.165) is 0 Å². The van der Waals surface area contributed by atoms with Gasteiger partial charge in [-0.1, -0.05) is 71.8 Å². The number of aryl methyl sites for hydroxylation is 2. The normalized spacial score (nSPS) is 11.0. The molecule has 3 rings (SSSR count). The minimum absolute atomic E-state index is 1.19. The second kappa shape index (κ2) is 7.18. The molecule has 0 saturated carbocycles. The second-order valence-corrected chi connectivity index (χ2v) is 6.23. The Bertz CT molecular complexity index is 809. The summed E-state index contributed by atoms with van der Waals surface area (Å²) in [6.07, 6.45) is 4.30. The van der Waals surface area contributed by atoms with Crippen LogP contribution < -0.4 is 4.90 Å². The molecule has 0 amide bonds. The molecule has 3 aromatic carbocycles. The maximum atomic E-state index is 2.20. The first-order valence-electron chi connectivity index (χ1n) is 8.27. The van der Waals surface area contributed by atoms with Crippen LogP contribution in [0.1, 0.15) is 22.3 Å². The van der Waals surface area contributed by atoms with Crippen LogP contribution in [0.4, 0.5) is 11.4 Å². The number of rotatable bonds is 4. The standard InChI is InChI=1S/C23H23N/c1-18-4-8-20(9-5-18)10-11-21-12-16-23(17-13-21)24(3)22-14-6-19(2)7-15-22/h4-17H,1-3H3/b11-10+. The molecule has 0 radical (unpaired) electrons. The van der Waals surface area contributed by atoms with Gasteiger partial charge in [0.2, 0.25) is 0 Å². The topological polar surface area (TPSA) is 3.24 Å². The van der Waals surface area contributed by atoms with Crippen molar-refractivity contribution in [3.63, 3.8) is 0 Å². The Balaban J connectivity index is 1.73. The SMILES string of the molecule is Cc1ccc(/C=C/c2ccc(N(C)c3ccc(C)cc3)cc2)cc1. The summed E-state index contributed by atoms with van der Waals surface area (Å²) >= 11 is 0. The van der Waals surface area contributed by atoms with Crippen molar-refractivity contribution in [2.45, 2.75) is 13.8 Å². The first kappa shape index (κ1) is 16.1. The van der Waals surface area contributed by atoms with E-state index in [-0.39, 0.29) is 0 Å². The van der Waals surface area contributed by atoms with Crippen LogP contribution in [0.5, 0.6) is 0 Å². The third kappa shape index (κ3) is 3.94. The smallest absolute Gasteiger partial charge is 0.0408 e. The van der Waals surface area contributed by atoms with Crippen LogP contribution in [0, 0.1) is 13.8 Å². The summed E-state index contributed by atoms with van der Waals surface area (Å²) in [6, 6.07) is 25.8. The van der Waals surface area contributed by atoms with E-state index < -0.39 is 0 Å². The fourth-order valence-electron chi connectivity index (χ4n) is 2.60. The lowest BCUT2D eigenvalue weighted by Crippen LogP contribution is -2.08. The van der Waals surface area contributed by atoms with Crippen molar-refractivity contribution >= 4 is 23.5 Å². The maximum Gasteiger partial charge on any atom is 0.0408 e. The third-order valence-corrected chi connectivity index (χ3v) is 4.25. The van der Waals surface area contributed by atoms with Crippen molar-refractivity contribution in [1.82, 2.24) is 0 Å². The van der Waals surface area contributed by atoms with E-state index in [9.17, 15) is 0 Å². The lowest BCUT2D eigenvalue weighted by atomic mass is 10.1. The molecule has 3 aromatic rings. The van der Waals surface area contributed by atoms with Crippen molar-refractivity contribution in [3.05, 3.63) is 95.1 Å². The van der Waals surface area contributed by atoms with Gasteiger partial charge in [0.25, 0.3) is 0 Å². The predicted octanol–water partition coefficient (Wildman–Crippen LogP) is 6.24. The van der Waals surface area contributed by atoms with Crippen molar-refractivity contribution in [2.24, 2.45) is 0 Å². The number of anilines is 2. The van der Waals surface area contributed by atoms with Gasteiger partial charge >= 0.3 is 0 Å². The van der Waals surface area contributed by atoms with E-state index >= 15 is 0 Å². The monoisotopic (exact) mass is 313 g/mol. The Morgan fingerprint density at radius 3 is 1.33 bits per heavy atom. The highest BCUT2D eigenvalue weighted by atomic mass is 15.1. The molecule has 0 aromatic heterocycles. The molecule has 120 valence electrons. The zero-order chi connectivity index (χ0) is 16.9. The van der Waals surface area contributed by atoms with Gasteiger partial charge in [0.1, 0.15) is 0 Å². The molecule has 0 aliphatic heterocycles. The van der Waals surface area contributed by atoms with Gasteiger partial charge in [-0.3, -0.25) is 0 Å². The molecule has 24 heavy (non-hydrogen) atoms. The summed E-state index contributed by atoms with van der Waals surface area (Å²) in [6.45, 7) is 4.22. The van der Waals surface area contributed by atoms with Gasteiger partial charge < -0.3 is 4.90 Å². The van der Waals surface area contributed by atoms with Crippen molar-refractivity contribution in [2.75, 3.05) is 11.9 Å². The number of hydrogen-bond acceptors (Lipinski definition) is 1. The lowest BCUT2D eigenvalue weighted by Gasteiger charge is -2.19. The molecule has 0 atom stereocenters. The molecule has 0 N–H and O–H groups in total. The largest absolute Gasteiger partial charge is 0.345 e. The first-order chi connectivity index (χ1) is 11.6. The van der Waals surface area contributed by atoms with Gasteiger partial charge in [0.05, 0.1) is 0 Å². The molecule has 0 fully saturated rings. The van der Waals surface area contributed by atoms with Crippen molar-refractivity contribution in [1.29, 1.82) is 0 Å². The number of hydrogen-bond donors (Lipinski definition) is 0. The van der Waals surface area contributed by atoms with Gasteiger partial charge in [-0.15, -0.1) is 0 Å². The van der Waals surface area contributed by atoms with Crippen LogP contribution >= 0.6 is 0 Å². The Kier molecular flexibility index (Phi) is 4.81. The van der Waals surface area contributed by atoms with Crippen LogP contribution in [0.25, 0.3) is 12.2 Å². The molecule has 1 nitrogen and oxygen atoms in total. The lowest BCUT2D eigenvalue weighted by molar-refractivity contribution is 1.20. The Hall–Kier alpha value is -2.80. The highest BCUT2D eigenvalue weighted by molar-refractivity contribution is 5.71. The molecule has 0 unspecified atom stereocenters. The first-order valence-corrected chi connectivity index (χ1v) is 8.27. The van der Waals surface area contributed by atoms with E-state index in [2.05, 4.69) is 111 Å². The Morgan fingerprint density at radius 1 is 0.542 bits per heavy atom. The average Bonchev–Trinajstić information content (AvgIpc) is 2.62. The molecular formula is C23H23N. The third-order valence-electron chi connectivity index (χ3n) is 4.25. The zero-order valence-electron chi connectivity index (χ0n) is 14.5. The van der Waals surface area contributed by atoms with Gasteiger partial charge in [0.15, 0.2) is 0 Å². The summed E-state index contributed by atoms with van der Waals surface area (Å²) in [7, 11) is 2.10. The quantitative estimate of drug-likeness (QED) is 0.515. The van der Waals surface area contributed by atoms with E-state index in [1.165, 1.54) is 33.6 Å². The van der Waals surface area contributed by atoms with Crippen LogP contribution in [-0.2, 0) is 0 Å². The van der Waals surface area contributed by atoms with Crippen molar-refractivity contribution < 1.29 is 0 Å². The Morgan fingerprint density at radius 2 is 0.875 bits per heavy atom. The molecule has 0 aliphatic rings. The molecule has 0 aliphatic carbocycles. The van der Waals surface area contributed by atoms with Gasteiger partial charge in [0, 0.05) is 18.4 Å². The number of nitrogens with zero attached hydrogens (tertiary/aromatic N) is 1. The molecule has 1 heteroatoms. The molecule has 0 saturated heterocycles. The second-order valence-electron chi connectivity index (χ2n) is 6.23. The zero-order valence-corrected chi connectivity index (χ0v) is 14.5. The highest BCUT2D eigenvalue weighted by Crippen LogP contribution is 2.24. The average molecular weight is 313 g/mol. The molecular weight excluding hydrogens is 290 g/mol. The maximum absolute atomic E-state index is 2.20. The van der Waals surface area contributed by atoms with Crippen LogP contribution in [-0.4, -0.2) is 7.05 Å². The van der Waals surface area contributed by atoms with Gasteiger partial charge in [-0.05, 0) is 49.2 Å². The van der Waals surface area contributed by atoms with Gasteiger partial charge in [-0.25, -0.2) is 0 Å². The summed E-state index contributed by atoms with van der Waals surface area (Å²) in [4.78, 5) is 2.20. The summed E-state index contributed by atoms with van der Waals surface area (Å²) < 4.78 is 0. The van der Waals surface area contributed by atoms with E-state index in [4.69, 9.17) is 0 Å². The van der Waals surface area contributed by atoms with E-state index in [1.807, 2.05) is 0 Å². The summed E-state index contributed by atoms with van der Waals surface area (Å²) in [5.41, 5.74) is 7.38. The summed E-state index contributed by atoms with van der Waals surface area (Å²) in [5.74, 6) is 0. The van der Waals surface area contributed by atoms with Crippen LogP contribution in [0.2, 0.25) is 0 Å². The van der Waals surface area contributed by atoms with Crippen LogP contribution in [0.15, 0.2) is 72.8 Å². The van der Waals surface area contributed by atoms with E-state index in [0.29, 0.717) is 0 Å². The van der Waals surface area contributed by atoms with Crippen LogP contribution in [0.3, 0.4) is 0 Å².